The number of methoxy groups -OCH3 is 1. The molecule has 0 unspecified atom stereocenters. The van der Waals surface area contributed by atoms with Crippen molar-refractivity contribution >= 4 is 23.2 Å². The van der Waals surface area contributed by atoms with Gasteiger partial charge in [-0.3, -0.25) is 4.79 Å². The van der Waals surface area contributed by atoms with Crippen LogP contribution in [0.5, 0.6) is 5.88 Å². The van der Waals surface area contributed by atoms with E-state index in [0.717, 1.165) is 0 Å². The van der Waals surface area contributed by atoms with E-state index >= 15 is 0 Å². The number of amides is 1. The molecular weight excluding hydrogens is 192 g/mol. The van der Waals surface area contributed by atoms with Crippen LogP contribution in [0.3, 0.4) is 0 Å². The molecule has 0 aliphatic carbocycles. The van der Waals surface area contributed by atoms with Gasteiger partial charge in [0.15, 0.2) is 0 Å². The standard InChI is InChI=1S/C8H9ClN2O2/c1-5(12)10-6-3-4-7(9)11-8(6)13-2/h3-4H,1-2H3,(H,10,12). The molecule has 1 aromatic rings. The maximum Gasteiger partial charge on any atom is 0.238 e. The molecular formula is C8H9ClN2O2. The number of nitrogens with one attached hydrogen (secondary N) is 1. The van der Waals surface area contributed by atoms with Crippen LogP contribution >= 0.6 is 11.6 Å². The van der Waals surface area contributed by atoms with Crippen LogP contribution in [0.4, 0.5) is 5.69 Å². The first-order valence-corrected chi connectivity index (χ1v) is 3.99. The monoisotopic (exact) mass is 200 g/mol. The van der Waals surface area contributed by atoms with Crippen molar-refractivity contribution in [2.45, 2.75) is 6.92 Å². The third-order valence-electron chi connectivity index (χ3n) is 1.33. The highest BCUT2D eigenvalue weighted by molar-refractivity contribution is 6.29. The van der Waals surface area contributed by atoms with Crippen LogP contribution in [0.2, 0.25) is 5.15 Å². The van der Waals surface area contributed by atoms with Gasteiger partial charge in [0.2, 0.25) is 11.8 Å². The van der Waals surface area contributed by atoms with E-state index in [2.05, 4.69) is 10.3 Å². The number of hydrogen-bond donors (Lipinski definition) is 1. The lowest BCUT2D eigenvalue weighted by Gasteiger charge is -2.06. The van der Waals surface area contributed by atoms with Crippen LogP contribution < -0.4 is 10.1 Å². The Morgan fingerprint density at radius 3 is 2.85 bits per heavy atom. The second-order valence-electron chi connectivity index (χ2n) is 2.37. The first kappa shape index (κ1) is 9.80. The molecule has 70 valence electrons. The number of carbonyl (C=O) groups excluding carboxylic acids is 1. The van der Waals surface area contributed by atoms with Crippen LogP contribution in [0.25, 0.3) is 0 Å². The van der Waals surface area contributed by atoms with Crippen molar-refractivity contribution in [3.63, 3.8) is 0 Å². The summed E-state index contributed by atoms with van der Waals surface area (Å²) in [6.07, 6.45) is 0. The van der Waals surface area contributed by atoms with E-state index in [1.165, 1.54) is 14.0 Å². The van der Waals surface area contributed by atoms with Gasteiger partial charge in [-0.05, 0) is 12.1 Å². The van der Waals surface area contributed by atoms with Crippen molar-refractivity contribution in [2.75, 3.05) is 12.4 Å². The number of hydrogen-bond acceptors (Lipinski definition) is 3. The fraction of sp³-hybridized carbons (Fsp3) is 0.250. The predicted molar refractivity (Wildman–Crippen MR) is 50.1 cm³/mol. The molecule has 1 heterocycles. The van der Waals surface area contributed by atoms with Crippen LogP contribution in [0, 0.1) is 0 Å². The summed E-state index contributed by atoms with van der Waals surface area (Å²) < 4.78 is 4.92. The Hall–Kier alpha value is -1.29. The zero-order chi connectivity index (χ0) is 9.84. The van der Waals surface area contributed by atoms with Gasteiger partial charge in [0, 0.05) is 6.92 Å². The maximum atomic E-state index is 10.7. The number of rotatable bonds is 2. The van der Waals surface area contributed by atoms with Crippen LogP contribution in [0.1, 0.15) is 6.92 Å². The number of anilines is 1. The number of halogens is 1. The summed E-state index contributed by atoms with van der Waals surface area (Å²) in [6.45, 7) is 1.41. The summed E-state index contributed by atoms with van der Waals surface area (Å²) >= 11 is 5.63. The molecule has 13 heavy (non-hydrogen) atoms. The van der Waals surface area contributed by atoms with E-state index in [1.54, 1.807) is 12.1 Å². The van der Waals surface area contributed by atoms with Gasteiger partial charge < -0.3 is 10.1 Å². The quantitative estimate of drug-likeness (QED) is 0.740. The van der Waals surface area contributed by atoms with Gasteiger partial charge in [-0.1, -0.05) is 11.6 Å². The number of ether oxygens (including phenoxy) is 1. The lowest BCUT2D eigenvalue weighted by atomic mass is 10.4. The summed E-state index contributed by atoms with van der Waals surface area (Å²) in [4.78, 5) is 14.6. The smallest absolute Gasteiger partial charge is 0.238 e. The van der Waals surface area contributed by atoms with Crippen molar-refractivity contribution in [1.82, 2.24) is 4.98 Å². The molecule has 1 rings (SSSR count). The highest BCUT2D eigenvalue weighted by Crippen LogP contribution is 2.23. The van der Waals surface area contributed by atoms with Crippen LogP contribution in [0.15, 0.2) is 12.1 Å². The second-order valence-corrected chi connectivity index (χ2v) is 2.76. The third-order valence-corrected chi connectivity index (χ3v) is 1.54. The minimum Gasteiger partial charge on any atom is -0.479 e. The van der Waals surface area contributed by atoms with E-state index in [4.69, 9.17) is 16.3 Å². The van der Waals surface area contributed by atoms with Crippen molar-refractivity contribution in [3.8, 4) is 5.88 Å². The Bertz CT molecular complexity index is 328. The van der Waals surface area contributed by atoms with E-state index in [-0.39, 0.29) is 5.91 Å². The van der Waals surface area contributed by atoms with E-state index in [9.17, 15) is 4.79 Å². The first-order valence-electron chi connectivity index (χ1n) is 3.61. The SMILES string of the molecule is COc1nc(Cl)ccc1NC(C)=O. The largest absolute Gasteiger partial charge is 0.479 e. The molecule has 4 nitrogen and oxygen atoms in total. The maximum absolute atomic E-state index is 10.7. The number of aromatic nitrogens is 1. The Balaban J connectivity index is 2.99. The predicted octanol–water partition coefficient (Wildman–Crippen LogP) is 1.70. The molecule has 0 atom stereocenters. The van der Waals surface area contributed by atoms with Crippen molar-refractivity contribution < 1.29 is 9.53 Å². The zero-order valence-corrected chi connectivity index (χ0v) is 8.05. The molecule has 0 spiro atoms. The Labute approximate surface area is 80.9 Å². The molecule has 0 aromatic carbocycles. The fourth-order valence-corrected chi connectivity index (χ4v) is 0.998. The van der Waals surface area contributed by atoms with E-state index in [1.807, 2.05) is 0 Å². The summed E-state index contributed by atoms with van der Waals surface area (Å²) in [7, 11) is 1.46. The number of pyridine rings is 1. The van der Waals surface area contributed by atoms with Crippen molar-refractivity contribution in [2.24, 2.45) is 0 Å². The van der Waals surface area contributed by atoms with Gasteiger partial charge in [0.05, 0.1) is 7.11 Å². The number of carbonyl (C=O) groups is 1. The molecule has 0 radical (unpaired) electrons. The lowest BCUT2D eigenvalue weighted by molar-refractivity contribution is -0.114. The Morgan fingerprint density at radius 2 is 2.31 bits per heavy atom. The normalized spacial score (nSPS) is 9.46. The van der Waals surface area contributed by atoms with Gasteiger partial charge in [0.1, 0.15) is 10.8 Å². The van der Waals surface area contributed by atoms with Gasteiger partial charge in [-0.15, -0.1) is 0 Å². The summed E-state index contributed by atoms with van der Waals surface area (Å²) in [6, 6.07) is 3.21. The average Bonchev–Trinajstić information content (AvgIpc) is 2.07. The summed E-state index contributed by atoms with van der Waals surface area (Å²) in [5.74, 6) is 0.130. The molecule has 0 fully saturated rings. The molecule has 0 saturated heterocycles. The number of nitrogens with zero attached hydrogens (tertiary/aromatic N) is 1. The van der Waals surface area contributed by atoms with E-state index < -0.39 is 0 Å². The van der Waals surface area contributed by atoms with Gasteiger partial charge in [0.25, 0.3) is 0 Å². The first-order chi connectivity index (χ1) is 6.13. The van der Waals surface area contributed by atoms with Crippen LogP contribution in [-0.4, -0.2) is 18.0 Å². The third kappa shape index (κ3) is 2.59. The van der Waals surface area contributed by atoms with Crippen molar-refractivity contribution in [3.05, 3.63) is 17.3 Å². The minimum atomic E-state index is -0.178. The topological polar surface area (TPSA) is 51.2 Å². The Morgan fingerprint density at radius 1 is 1.62 bits per heavy atom. The van der Waals surface area contributed by atoms with Crippen LogP contribution in [-0.2, 0) is 4.79 Å². The van der Waals surface area contributed by atoms with E-state index in [0.29, 0.717) is 16.7 Å². The molecule has 0 bridgehead atoms. The highest BCUT2D eigenvalue weighted by atomic mass is 35.5. The molecule has 1 N–H and O–H groups in total. The second kappa shape index (κ2) is 4.09. The zero-order valence-electron chi connectivity index (χ0n) is 7.30. The molecule has 0 aliphatic rings. The lowest BCUT2D eigenvalue weighted by Crippen LogP contribution is -2.07. The highest BCUT2D eigenvalue weighted by Gasteiger charge is 2.05. The van der Waals surface area contributed by atoms with Gasteiger partial charge in [-0.2, -0.15) is 4.98 Å². The molecule has 0 aliphatic heterocycles. The fourth-order valence-electron chi connectivity index (χ4n) is 0.858. The molecule has 1 amide bonds. The molecule has 5 heteroatoms. The Kier molecular flexibility index (Phi) is 3.08. The van der Waals surface area contributed by atoms with Gasteiger partial charge in [-0.25, -0.2) is 0 Å². The summed E-state index contributed by atoms with van der Waals surface area (Å²) in [5, 5.41) is 2.89. The van der Waals surface area contributed by atoms with Gasteiger partial charge >= 0.3 is 0 Å². The average molecular weight is 201 g/mol. The minimum absolute atomic E-state index is 0.178. The molecule has 0 saturated carbocycles. The summed E-state index contributed by atoms with van der Waals surface area (Å²) in [5.41, 5.74) is 0.513. The molecule has 1 aromatic heterocycles. The van der Waals surface area contributed by atoms with Crippen molar-refractivity contribution in [1.29, 1.82) is 0 Å².